The lowest BCUT2D eigenvalue weighted by Gasteiger charge is -2.22. The zero-order chi connectivity index (χ0) is 15.1. The van der Waals surface area contributed by atoms with Crippen molar-refractivity contribution in [3.63, 3.8) is 0 Å². The van der Waals surface area contributed by atoms with Crippen molar-refractivity contribution in [2.45, 2.75) is 27.2 Å². The van der Waals surface area contributed by atoms with Crippen LogP contribution in [-0.4, -0.2) is 30.2 Å². The van der Waals surface area contributed by atoms with Crippen molar-refractivity contribution in [1.29, 1.82) is 0 Å². The van der Waals surface area contributed by atoms with Crippen molar-refractivity contribution in [1.82, 2.24) is 5.32 Å². The molecule has 0 aliphatic heterocycles. The molecule has 2 N–H and O–H groups in total. The SMILES string of the molecule is CCN(C(=O)NCCC(C)C(=O)O)c1ccc(C)cc1. The molecule has 0 bridgehead atoms. The molecule has 0 spiro atoms. The number of nitrogens with one attached hydrogen (secondary N) is 1. The van der Waals surface area contributed by atoms with Crippen LogP contribution in [0.15, 0.2) is 24.3 Å². The number of anilines is 1. The first-order chi connectivity index (χ1) is 9.45. The largest absolute Gasteiger partial charge is 0.481 e. The summed E-state index contributed by atoms with van der Waals surface area (Å²) < 4.78 is 0. The summed E-state index contributed by atoms with van der Waals surface area (Å²) in [4.78, 5) is 24.4. The average molecular weight is 278 g/mol. The molecule has 0 radical (unpaired) electrons. The number of carboxylic acids is 1. The van der Waals surface area contributed by atoms with Gasteiger partial charge >= 0.3 is 12.0 Å². The van der Waals surface area contributed by atoms with Crippen LogP contribution in [0.4, 0.5) is 10.5 Å². The van der Waals surface area contributed by atoms with Crippen molar-refractivity contribution in [3.05, 3.63) is 29.8 Å². The van der Waals surface area contributed by atoms with E-state index in [0.29, 0.717) is 19.5 Å². The van der Waals surface area contributed by atoms with Crippen molar-refractivity contribution in [2.24, 2.45) is 5.92 Å². The van der Waals surface area contributed by atoms with Crippen LogP contribution in [0.2, 0.25) is 0 Å². The molecule has 2 amide bonds. The molecule has 0 heterocycles. The van der Waals surface area contributed by atoms with E-state index in [-0.39, 0.29) is 6.03 Å². The van der Waals surface area contributed by atoms with Crippen LogP contribution >= 0.6 is 0 Å². The quantitative estimate of drug-likeness (QED) is 0.840. The van der Waals surface area contributed by atoms with E-state index in [2.05, 4.69) is 5.32 Å². The molecule has 110 valence electrons. The van der Waals surface area contributed by atoms with Crippen molar-refractivity contribution in [3.8, 4) is 0 Å². The number of aryl methyl sites for hydroxylation is 1. The summed E-state index contributed by atoms with van der Waals surface area (Å²) in [7, 11) is 0. The highest BCUT2D eigenvalue weighted by atomic mass is 16.4. The van der Waals surface area contributed by atoms with Gasteiger partial charge in [0.25, 0.3) is 0 Å². The van der Waals surface area contributed by atoms with E-state index in [0.717, 1.165) is 11.3 Å². The van der Waals surface area contributed by atoms with Gasteiger partial charge in [-0.05, 0) is 32.4 Å². The van der Waals surface area contributed by atoms with E-state index in [1.165, 1.54) is 0 Å². The molecule has 0 aliphatic carbocycles. The Kier molecular flexibility index (Phi) is 6.03. The molecule has 1 rings (SSSR count). The van der Waals surface area contributed by atoms with Crippen LogP contribution in [0.1, 0.15) is 25.8 Å². The predicted octanol–water partition coefficient (Wildman–Crippen LogP) is 2.64. The molecule has 5 heteroatoms. The number of carbonyl (C=O) groups excluding carboxylic acids is 1. The van der Waals surface area contributed by atoms with Gasteiger partial charge in [0.05, 0.1) is 5.92 Å². The minimum absolute atomic E-state index is 0.200. The highest BCUT2D eigenvalue weighted by Gasteiger charge is 2.15. The van der Waals surface area contributed by atoms with Gasteiger partial charge in [-0.1, -0.05) is 24.6 Å². The number of hydrogen-bond acceptors (Lipinski definition) is 2. The van der Waals surface area contributed by atoms with E-state index in [1.807, 2.05) is 38.1 Å². The highest BCUT2D eigenvalue weighted by molar-refractivity contribution is 5.91. The number of urea groups is 1. The van der Waals surface area contributed by atoms with Crippen molar-refractivity contribution < 1.29 is 14.7 Å². The molecular weight excluding hydrogens is 256 g/mol. The van der Waals surface area contributed by atoms with Gasteiger partial charge in [-0.3, -0.25) is 9.69 Å². The van der Waals surface area contributed by atoms with E-state index >= 15 is 0 Å². The lowest BCUT2D eigenvalue weighted by Crippen LogP contribution is -2.40. The van der Waals surface area contributed by atoms with E-state index in [9.17, 15) is 9.59 Å². The fraction of sp³-hybridized carbons (Fsp3) is 0.467. The molecule has 20 heavy (non-hydrogen) atoms. The van der Waals surface area contributed by atoms with Gasteiger partial charge < -0.3 is 10.4 Å². The number of amides is 2. The second-order valence-corrected chi connectivity index (χ2v) is 4.84. The van der Waals surface area contributed by atoms with Gasteiger partial charge in [-0.15, -0.1) is 0 Å². The lowest BCUT2D eigenvalue weighted by molar-refractivity contribution is -0.141. The zero-order valence-corrected chi connectivity index (χ0v) is 12.2. The summed E-state index contributed by atoms with van der Waals surface area (Å²) in [5.41, 5.74) is 1.97. The maximum Gasteiger partial charge on any atom is 0.321 e. The third-order valence-corrected chi connectivity index (χ3v) is 3.18. The van der Waals surface area contributed by atoms with Gasteiger partial charge in [-0.25, -0.2) is 4.79 Å². The number of aliphatic carboxylic acids is 1. The lowest BCUT2D eigenvalue weighted by atomic mass is 10.1. The Labute approximate surface area is 119 Å². The normalized spacial score (nSPS) is 11.8. The molecular formula is C15H22N2O3. The average Bonchev–Trinajstić information content (AvgIpc) is 2.41. The van der Waals surface area contributed by atoms with E-state index in [1.54, 1.807) is 11.8 Å². The molecule has 0 aliphatic rings. The minimum atomic E-state index is -0.842. The first-order valence-corrected chi connectivity index (χ1v) is 6.80. The number of rotatable bonds is 6. The number of carbonyl (C=O) groups is 2. The predicted molar refractivity (Wildman–Crippen MR) is 79.0 cm³/mol. The Morgan fingerprint density at radius 1 is 1.30 bits per heavy atom. The molecule has 0 fully saturated rings. The first-order valence-electron chi connectivity index (χ1n) is 6.80. The molecule has 0 saturated heterocycles. The fourth-order valence-electron chi connectivity index (χ4n) is 1.78. The Hall–Kier alpha value is -2.04. The summed E-state index contributed by atoms with van der Waals surface area (Å²) >= 11 is 0. The second kappa shape index (κ2) is 7.53. The maximum absolute atomic E-state index is 12.1. The van der Waals surface area contributed by atoms with Gasteiger partial charge in [-0.2, -0.15) is 0 Å². The molecule has 0 saturated carbocycles. The third-order valence-electron chi connectivity index (χ3n) is 3.18. The third kappa shape index (κ3) is 4.57. The van der Waals surface area contributed by atoms with Crippen LogP contribution < -0.4 is 10.2 Å². The van der Waals surface area contributed by atoms with Crippen molar-refractivity contribution in [2.75, 3.05) is 18.0 Å². The number of nitrogens with zero attached hydrogens (tertiary/aromatic N) is 1. The summed E-state index contributed by atoms with van der Waals surface area (Å²) in [5.74, 6) is -1.30. The second-order valence-electron chi connectivity index (χ2n) is 4.84. The number of carboxylic acid groups (broad SMARTS) is 1. The van der Waals surface area contributed by atoms with Crippen LogP contribution in [0.25, 0.3) is 0 Å². The number of hydrogen-bond donors (Lipinski definition) is 2. The summed E-state index contributed by atoms with van der Waals surface area (Å²) in [6.45, 7) is 6.44. The summed E-state index contributed by atoms with van der Waals surface area (Å²) in [6, 6.07) is 7.51. The van der Waals surface area contributed by atoms with Gasteiger partial charge in [0.1, 0.15) is 0 Å². The molecule has 1 unspecified atom stereocenters. The van der Waals surface area contributed by atoms with Crippen LogP contribution in [0.5, 0.6) is 0 Å². The summed E-state index contributed by atoms with van der Waals surface area (Å²) in [5, 5.41) is 11.5. The van der Waals surface area contributed by atoms with E-state index < -0.39 is 11.9 Å². The van der Waals surface area contributed by atoms with Crippen LogP contribution in [0.3, 0.4) is 0 Å². The van der Waals surface area contributed by atoms with E-state index in [4.69, 9.17) is 5.11 Å². The molecule has 1 aromatic rings. The molecule has 0 aromatic heterocycles. The topological polar surface area (TPSA) is 69.6 Å². The Morgan fingerprint density at radius 2 is 1.90 bits per heavy atom. The van der Waals surface area contributed by atoms with Gasteiger partial charge in [0, 0.05) is 18.8 Å². The standard InChI is InChI=1S/C15H22N2O3/c1-4-17(13-7-5-11(2)6-8-13)15(20)16-10-9-12(3)14(18)19/h5-8,12H,4,9-10H2,1-3H3,(H,16,20)(H,18,19). The van der Waals surface area contributed by atoms with Gasteiger partial charge in [0.15, 0.2) is 0 Å². The highest BCUT2D eigenvalue weighted by Crippen LogP contribution is 2.15. The molecule has 5 nitrogen and oxygen atoms in total. The van der Waals surface area contributed by atoms with Crippen LogP contribution in [-0.2, 0) is 4.79 Å². The Morgan fingerprint density at radius 3 is 2.40 bits per heavy atom. The monoisotopic (exact) mass is 278 g/mol. The minimum Gasteiger partial charge on any atom is -0.481 e. The molecule has 1 aromatic carbocycles. The smallest absolute Gasteiger partial charge is 0.321 e. The Balaban J connectivity index is 2.55. The van der Waals surface area contributed by atoms with Crippen molar-refractivity contribution >= 4 is 17.7 Å². The Bertz CT molecular complexity index is 457. The van der Waals surface area contributed by atoms with Crippen LogP contribution in [0, 0.1) is 12.8 Å². The fourth-order valence-corrected chi connectivity index (χ4v) is 1.78. The zero-order valence-electron chi connectivity index (χ0n) is 12.2. The molecule has 1 atom stereocenters. The first kappa shape index (κ1) is 16.0. The number of benzene rings is 1. The summed E-state index contributed by atoms with van der Waals surface area (Å²) in [6.07, 6.45) is 0.423. The van der Waals surface area contributed by atoms with Gasteiger partial charge in [0.2, 0.25) is 0 Å². The maximum atomic E-state index is 12.1.